The van der Waals surface area contributed by atoms with E-state index in [0.29, 0.717) is 19.3 Å². The first-order valence-electron chi connectivity index (χ1n) is 7.70. The van der Waals surface area contributed by atoms with Gasteiger partial charge in [0, 0.05) is 18.8 Å². The zero-order valence-electron chi connectivity index (χ0n) is 13.1. The van der Waals surface area contributed by atoms with Crippen molar-refractivity contribution in [1.29, 1.82) is 0 Å². The van der Waals surface area contributed by atoms with Gasteiger partial charge in [0.15, 0.2) is 6.61 Å². The van der Waals surface area contributed by atoms with Crippen LogP contribution in [0.15, 0.2) is 0 Å². The monoisotopic (exact) mass is 296 g/mol. The fourth-order valence-electron chi connectivity index (χ4n) is 3.21. The summed E-state index contributed by atoms with van der Waals surface area (Å²) in [5, 5.41) is 0. The van der Waals surface area contributed by atoms with Crippen LogP contribution in [0.25, 0.3) is 0 Å². The third-order valence-corrected chi connectivity index (χ3v) is 4.94. The Morgan fingerprint density at radius 1 is 1.38 bits per heavy atom. The van der Waals surface area contributed by atoms with E-state index in [2.05, 4.69) is 0 Å². The third kappa shape index (κ3) is 3.27. The van der Waals surface area contributed by atoms with Gasteiger partial charge in [-0.2, -0.15) is 0 Å². The lowest BCUT2D eigenvalue weighted by molar-refractivity contribution is -0.175. The van der Waals surface area contributed by atoms with Gasteiger partial charge in [0.05, 0.1) is 5.41 Å². The Morgan fingerprint density at radius 3 is 2.76 bits per heavy atom. The molecule has 2 fully saturated rings. The number of fused-ring (bicyclic) bond motifs is 1. The second-order valence-electron chi connectivity index (χ2n) is 6.86. The molecule has 21 heavy (non-hydrogen) atoms. The molecule has 2 aliphatic carbocycles. The average Bonchev–Trinajstić information content (AvgIpc) is 2.90. The molecule has 118 valence electrons. The predicted molar refractivity (Wildman–Crippen MR) is 75.4 cm³/mol. The largest absolute Gasteiger partial charge is 0.456 e. The van der Waals surface area contributed by atoms with Gasteiger partial charge in [-0.1, -0.05) is 6.92 Å². The molecule has 0 aromatic heterocycles. The molecule has 0 bridgehead atoms. The highest BCUT2D eigenvalue weighted by molar-refractivity contribution is 5.84. The van der Waals surface area contributed by atoms with Crippen molar-refractivity contribution in [2.75, 3.05) is 6.61 Å². The van der Waals surface area contributed by atoms with Crippen molar-refractivity contribution in [3.05, 3.63) is 0 Å². The highest BCUT2D eigenvalue weighted by Gasteiger charge is 2.52. The van der Waals surface area contributed by atoms with Gasteiger partial charge in [0.1, 0.15) is 11.4 Å². The van der Waals surface area contributed by atoms with Crippen LogP contribution in [0.5, 0.6) is 0 Å². The number of carbonyl (C=O) groups is 3. The summed E-state index contributed by atoms with van der Waals surface area (Å²) in [6.45, 7) is 5.08. The van der Waals surface area contributed by atoms with E-state index in [1.54, 1.807) is 13.8 Å². The third-order valence-electron chi connectivity index (χ3n) is 4.94. The smallest absolute Gasteiger partial charge is 0.344 e. The summed E-state index contributed by atoms with van der Waals surface area (Å²) in [4.78, 5) is 35.4. The molecule has 0 amide bonds. The molecule has 2 saturated carbocycles. The number of hydrogen-bond donors (Lipinski definition) is 0. The van der Waals surface area contributed by atoms with Gasteiger partial charge < -0.3 is 9.47 Å². The summed E-state index contributed by atoms with van der Waals surface area (Å²) in [6.07, 6.45) is 4.12. The molecule has 0 N–H and O–H groups in total. The molecule has 2 unspecified atom stereocenters. The summed E-state index contributed by atoms with van der Waals surface area (Å²) < 4.78 is 10.6. The maximum atomic E-state index is 12.0. The molecule has 2 aliphatic rings. The zero-order valence-corrected chi connectivity index (χ0v) is 13.1. The van der Waals surface area contributed by atoms with Crippen molar-refractivity contribution in [3.63, 3.8) is 0 Å². The molecule has 0 heterocycles. The van der Waals surface area contributed by atoms with Crippen molar-refractivity contribution in [3.8, 4) is 0 Å². The van der Waals surface area contributed by atoms with Crippen LogP contribution in [0.1, 0.15) is 59.3 Å². The SMILES string of the molecule is CCC(C)(C)C(=O)OCC(=O)OC12CCCC1CC(=O)C2. The lowest BCUT2D eigenvalue weighted by atomic mass is 9.91. The minimum absolute atomic E-state index is 0.150. The van der Waals surface area contributed by atoms with Crippen molar-refractivity contribution in [2.45, 2.75) is 64.9 Å². The zero-order chi connectivity index (χ0) is 15.7. The Balaban J connectivity index is 1.88. The summed E-state index contributed by atoms with van der Waals surface area (Å²) in [7, 11) is 0. The Bertz CT molecular complexity index is 454. The number of carbonyl (C=O) groups excluding carboxylic acids is 3. The van der Waals surface area contributed by atoms with E-state index in [1.807, 2.05) is 6.92 Å². The van der Waals surface area contributed by atoms with Gasteiger partial charge >= 0.3 is 11.9 Å². The van der Waals surface area contributed by atoms with Gasteiger partial charge in [-0.25, -0.2) is 4.79 Å². The van der Waals surface area contributed by atoms with Gasteiger partial charge in [-0.3, -0.25) is 9.59 Å². The molecule has 0 aromatic rings. The molecule has 2 rings (SSSR count). The van der Waals surface area contributed by atoms with Crippen LogP contribution in [0, 0.1) is 11.3 Å². The van der Waals surface area contributed by atoms with Gasteiger partial charge in [-0.05, 0) is 39.5 Å². The second-order valence-corrected chi connectivity index (χ2v) is 6.86. The van der Waals surface area contributed by atoms with Crippen LogP contribution in [-0.2, 0) is 23.9 Å². The molecular formula is C16H24O5. The van der Waals surface area contributed by atoms with E-state index < -0.39 is 23.0 Å². The van der Waals surface area contributed by atoms with E-state index in [9.17, 15) is 14.4 Å². The normalized spacial score (nSPS) is 28.3. The minimum Gasteiger partial charge on any atom is -0.456 e. The average molecular weight is 296 g/mol. The minimum atomic E-state index is -0.624. The molecule has 0 radical (unpaired) electrons. The molecule has 0 spiro atoms. The Kier molecular flexibility index (Phi) is 4.40. The van der Waals surface area contributed by atoms with Crippen LogP contribution >= 0.6 is 0 Å². The van der Waals surface area contributed by atoms with Gasteiger partial charge in [0.25, 0.3) is 0 Å². The Labute approximate surface area is 125 Å². The first kappa shape index (κ1) is 16.0. The quantitative estimate of drug-likeness (QED) is 0.729. The summed E-state index contributed by atoms with van der Waals surface area (Å²) >= 11 is 0. The fourth-order valence-corrected chi connectivity index (χ4v) is 3.21. The topological polar surface area (TPSA) is 69.7 Å². The second kappa shape index (κ2) is 5.78. The lowest BCUT2D eigenvalue weighted by Crippen LogP contribution is -2.37. The van der Waals surface area contributed by atoms with Gasteiger partial charge in [0.2, 0.25) is 0 Å². The molecule has 0 aliphatic heterocycles. The molecule has 0 aromatic carbocycles. The maximum Gasteiger partial charge on any atom is 0.344 e. The predicted octanol–water partition coefficient (Wildman–Crippen LogP) is 2.41. The highest BCUT2D eigenvalue weighted by atomic mass is 16.6. The standard InChI is InChI=1S/C16H24O5/c1-4-15(2,3)14(19)20-10-13(18)21-16-7-5-6-11(16)8-12(17)9-16/h11H,4-10H2,1-3H3. The fraction of sp³-hybridized carbons (Fsp3) is 0.812. The van der Waals surface area contributed by atoms with E-state index in [-0.39, 0.29) is 18.3 Å². The van der Waals surface area contributed by atoms with Crippen LogP contribution in [-0.4, -0.2) is 29.9 Å². The molecule has 5 nitrogen and oxygen atoms in total. The van der Waals surface area contributed by atoms with E-state index >= 15 is 0 Å². The van der Waals surface area contributed by atoms with E-state index in [1.165, 1.54) is 0 Å². The maximum absolute atomic E-state index is 12.0. The number of ketones is 1. The van der Waals surface area contributed by atoms with E-state index in [0.717, 1.165) is 19.3 Å². The molecule has 2 atom stereocenters. The first-order valence-corrected chi connectivity index (χ1v) is 7.70. The first-order chi connectivity index (χ1) is 9.79. The van der Waals surface area contributed by atoms with Crippen LogP contribution in [0.2, 0.25) is 0 Å². The number of Topliss-reactive ketones (excluding diaryl/α,β-unsaturated/α-hetero) is 1. The Hall–Kier alpha value is -1.39. The van der Waals surface area contributed by atoms with Crippen LogP contribution < -0.4 is 0 Å². The van der Waals surface area contributed by atoms with Crippen molar-refractivity contribution >= 4 is 17.7 Å². The number of rotatable bonds is 5. The number of hydrogen-bond acceptors (Lipinski definition) is 5. The van der Waals surface area contributed by atoms with Crippen molar-refractivity contribution < 1.29 is 23.9 Å². The van der Waals surface area contributed by atoms with E-state index in [4.69, 9.17) is 9.47 Å². The summed E-state index contributed by atoms with van der Waals surface area (Å²) in [5.41, 5.74) is -1.22. The summed E-state index contributed by atoms with van der Waals surface area (Å²) in [6, 6.07) is 0. The van der Waals surface area contributed by atoms with Crippen LogP contribution in [0.3, 0.4) is 0 Å². The number of ether oxygens (including phenoxy) is 2. The lowest BCUT2D eigenvalue weighted by Gasteiger charge is -2.28. The summed E-state index contributed by atoms with van der Waals surface area (Å²) in [5.74, 6) is -0.630. The molecule has 5 heteroatoms. The highest BCUT2D eigenvalue weighted by Crippen LogP contribution is 2.48. The Morgan fingerprint density at radius 2 is 2.10 bits per heavy atom. The van der Waals surface area contributed by atoms with Crippen molar-refractivity contribution in [2.24, 2.45) is 11.3 Å². The molecular weight excluding hydrogens is 272 g/mol. The number of esters is 2. The van der Waals surface area contributed by atoms with Gasteiger partial charge in [-0.15, -0.1) is 0 Å². The van der Waals surface area contributed by atoms with Crippen LogP contribution in [0.4, 0.5) is 0 Å². The molecule has 0 saturated heterocycles. The van der Waals surface area contributed by atoms with Crippen molar-refractivity contribution in [1.82, 2.24) is 0 Å².